The van der Waals surface area contributed by atoms with Gasteiger partial charge in [-0.2, -0.15) is 17.5 Å². The lowest BCUT2D eigenvalue weighted by Crippen LogP contribution is -2.30. The Kier molecular flexibility index (Phi) is 5.43. The maximum Gasteiger partial charge on any atom is 0.416 e. The highest BCUT2D eigenvalue weighted by Crippen LogP contribution is 2.43. The van der Waals surface area contributed by atoms with Crippen LogP contribution in [0.3, 0.4) is 0 Å². The predicted molar refractivity (Wildman–Crippen MR) is 103 cm³/mol. The zero-order valence-electron chi connectivity index (χ0n) is 15.2. The van der Waals surface area contributed by atoms with E-state index in [4.69, 9.17) is 9.47 Å². The van der Waals surface area contributed by atoms with E-state index in [1.165, 1.54) is 40.3 Å². The Bertz CT molecular complexity index is 994. The van der Waals surface area contributed by atoms with Gasteiger partial charge in [-0.3, -0.25) is 0 Å². The number of sulfonamides is 1. The Morgan fingerprint density at radius 3 is 2.38 bits per heavy atom. The summed E-state index contributed by atoms with van der Waals surface area (Å²) in [5.41, 5.74) is -0.250. The van der Waals surface area contributed by atoms with Crippen molar-refractivity contribution in [3.05, 3.63) is 53.6 Å². The number of thioether (sulfide) groups is 1. The van der Waals surface area contributed by atoms with Crippen LogP contribution in [0.1, 0.15) is 22.9 Å². The molecule has 1 atom stereocenters. The molecule has 0 N–H and O–H groups in total. The topological polar surface area (TPSA) is 55.8 Å². The van der Waals surface area contributed by atoms with E-state index in [0.717, 1.165) is 12.1 Å². The van der Waals surface area contributed by atoms with Crippen molar-refractivity contribution in [1.29, 1.82) is 0 Å². The van der Waals surface area contributed by atoms with Gasteiger partial charge in [0.2, 0.25) is 10.0 Å². The van der Waals surface area contributed by atoms with Crippen molar-refractivity contribution in [1.82, 2.24) is 4.31 Å². The lowest BCUT2D eigenvalue weighted by Gasteiger charge is -2.24. The molecule has 0 aromatic heterocycles. The van der Waals surface area contributed by atoms with E-state index in [1.54, 1.807) is 6.07 Å². The number of ether oxygens (including phenoxy) is 2. The number of nitrogens with zero attached hydrogens (tertiary/aromatic N) is 1. The number of alkyl halides is 3. The summed E-state index contributed by atoms with van der Waals surface area (Å²) in [6.07, 6.45) is -3.73. The van der Waals surface area contributed by atoms with Gasteiger partial charge >= 0.3 is 6.18 Å². The number of fused-ring (bicyclic) bond motifs is 1. The predicted octanol–water partition coefficient (Wildman–Crippen LogP) is 4.30. The zero-order chi connectivity index (χ0) is 20.6. The summed E-state index contributed by atoms with van der Waals surface area (Å²) in [5, 5.41) is -0.585. The van der Waals surface area contributed by atoms with E-state index in [-0.39, 0.29) is 11.4 Å². The van der Waals surface area contributed by atoms with Crippen molar-refractivity contribution in [3.63, 3.8) is 0 Å². The van der Waals surface area contributed by atoms with Crippen molar-refractivity contribution in [2.75, 3.05) is 25.5 Å². The highest BCUT2D eigenvalue weighted by Gasteiger charge is 2.38. The molecule has 10 heteroatoms. The Balaban J connectivity index is 1.63. The number of hydrogen-bond acceptors (Lipinski definition) is 5. The summed E-state index contributed by atoms with van der Waals surface area (Å²) in [6.45, 7) is 1.20. The number of halogens is 3. The molecule has 2 aromatic carbocycles. The molecule has 5 nitrogen and oxygen atoms in total. The molecule has 0 unspecified atom stereocenters. The molecular formula is C19H18F3NO4S2. The van der Waals surface area contributed by atoms with Crippen LogP contribution in [0.15, 0.2) is 47.4 Å². The van der Waals surface area contributed by atoms with Crippen LogP contribution >= 0.6 is 11.8 Å². The van der Waals surface area contributed by atoms with Crippen LogP contribution in [-0.4, -0.2) is 38.2 Å². The van der Waals surface area contributed by atoms with Gasteiger partial charge in [0.15, 0.2) is 11.5 Å². The minimum atomic E-state index is -4.43. The molecule has 0 aliphatic carbocycles. The van der Waals surface area contributed by atoms with Gasteiger partial charge in [-0.1, -0.05) is 12.1 Å². The van der Waals surface area contributed by atoms with Gasteiger partial charge in [0, 0.05) is 24.8 Å². The van der Waals surface area contributed by atoms with Crippen molar-refractivity contribution in [2.45, 2.75) is 22.9 Å². The first kappa shape index (κ1) is 20.4. The van der Waals surface area contributed by atoms with Crippen LogP contribution in [0, 0.1) is 0 Å². The zero-order valence-corrected chi connectivity index (χ0v) is 16.8. The molecule has 0 amide bonds. The van der Waals surface area contributed by atoms with E-state index in [0.29, 0.717) is 42.4 Å². The first-order valence-electron chi connectivity index (χ1n) is 8.97. The van der Waals surface area contributed by atoms with Crippen molar-refractivity contribution < 1.29 is 31.1 Å². The maximum atomic E-state index is 13.3. The fourth-order valence-electron chi connectivity index (χ4n) is 3.24. The quantitative estimate of drug-likeness (QED) is 0.705. The van der Waals surface area contributed by atoms with Crippen LogP contribution in [0.5, 0.6) is 11.5 Å². The van der Waals surface area contributed by atoms with Crippen molar-refractivity contribution in [2.24, 2.45) is 0 Å². The van der Waals surface area contributed by atoms with E-state index in [9.17, 15) is 21.6 Å². The molecular weight excluding hydrogens is 427 g/mol. The largest absolute Gasteiger partial charge is 0.490 e. The van der Waals surface area contributed by atoms with Crippen LogP contribution in [-0.2, 0) is 16.2 Å². The lowest BCUT2D eigenvalue weighted by atomic mass is 10.1. The molecule has 2 heterocycles. The molecule has 2 aromatic rings. The number of hydrogen-bond donors (Lipinski definition) is 0. The second kappa shape index (κ2) is 7.73. The standard InChI is InChI=1S/C19H18F3NO4S2/c20-19(21,22)14-4-2-13(3-5-14)18-23(8-11-28-18)29(24,25)15-6-7-16-17(12-15)27-10-1-9-26-16/h2-7,12,18H,1,8-11H2/t18-/m0/s1. The minimum Gasteiger partial charge on any atom is -0.490 e. The third-order valence-electron chi connectivity index (χ3n) is 4.70. The second-order valence-corrected chi connectivity index (χ2v) is 9.70. The van der Waals surface area contributed by atoms with Gasteiger partial charge in [-0.25, -0.2) is 8.42 Å². The Morgan fingerprint density at radius 2 is 1.69 bits per heavy atom. The van der Waals surface area contributed by atoms with Gasteiger partial charge in [-0.15, -0.1) is 11.8 Å². The Labute approximate surface area is 170 Å². The van der Waals surface area contributed by atoms with E-state index in [2.05, 4.69) is 0 Å². The Morgan fingerprint density at radius 1 is 1.00 bits per heavy atom. The number of rotatable bonds is 3. The average Bonchev–Trinajstić information content (AvgIpc) is 3.07. The van der Waals surface area contributed by atoms with Crippen LogP contribution in [0.25, 0.3) is 0 Å². The monoisotopic (exact) mass is 445 g/mol. The molecule has 0 radical (unpaired) electrons. The lowest BCUT2D eigenvalue weighted by molar-refractivity contribution is -0.137. The second-order valence-electron chi connectivity index (χ2n) is 6.62. The fraction of sp³-hybridized carbons (Fsp3) is 0.368. The molecule has 2 aliphatic rings. The van der Waals surface area contributed by atoms with E-state index in [1.807, 2.05) is 0 Å². The smallest absolute Gasteiger partial charge is 0.416 e. The summed E-state index contributed by atoms with van der Waals surface area (Å²) < 4.78 is 77.4. The average molecular weight is 445 g/mol. The SMILES string of the molecule is O=S(=O)(c1ccc2c(c1)OCCCO2)N1CCS[C@H]1c1ccc(C(F)(F)F)cc1. The van der Waals surface area contributed by atoms with Crippen LogP contribution in [0.2, 0.25) is 0 Å². The summed E-state index contributed by atoms with van der Waals surface area (Å²) in [6, 6.07) is 9.12. The van der Waals surface area contributed by atoms with E-state index >= 15 is 0 Å². The minimum absolute atomic E-state index is 0.0705. The normalized spacial score (nSPS) is 20.4. The molecule has 1 saturated heterocycles. The van der Waals surface area contributed by atoms with Crippen molar-refractivity contribution in [3.8, 4) is 11.5 Å². The van der Waals surface area contributed by atoms with Gasteiger partial charge in [-0.05, 0) is 29.8 Å². The maximum absolute atomic E-state index is 13.3. The molecule has 1 fully saturated rings. The molecule has 0 bridgehead atoms. The summed E-state index contributed by atoms with van der Waals surface area (Å²) in [5.74, 6) is 1.42. The molecule has 4 rings (SSSR count). The molecule has 2 aliphatic heterocycles. The summed E-state index contributed by atoms with van der Waals surface area (Å²) in [7, 11) is -3.87. The number of benzene rings is 2. The van der Waals surface area contributed by atoms with Gasteiger partial charge < -0.3 is 9.47 Å². The summed E-state index contributed by atoms with van der Waals surface area (Å²) >= 11 is 1.38. The Hall–Kier alpha value is -1.91. The van der Waals surface area contributed by atoms with Gasteiger partial charge in [0.25, 0.3) is 0 Å². The third kappa shape index (κ3) is 4.06. The first-order valence-corrected chi connectivity index (χ1v) is 11.5. The van der Waals surface area contributed by atoms with E-state index < -0.39 is 27.1 Å². The van der Waals surface area contributed by atoms with Gasteiger partial charge in [0.05, 0.1) is 29.0 Å². The molecule has 0 spiro atoms. The third-order valence-corrected chi connectivity index (χ3v) is 7.95. The van der Waals surface area contributed by atoms with Crippen LogP contribution < -0.4 is 9.47 Å². The fourth-order valence-corrected chi connectivity index (χ4v) is 6.50. The summed E-state index contributed by atoms with van der Waals surface area (Å²) in [4.78, 5) is 0.0705. The highest BCUT2D eigenvalue weighted by atomic mass is 32.2. The van der Waals surface area contributed by atoms with Crippen molar-refractivity contribution >= 4 is 21.8 Å². The van der Waals surface area contributed by atoms with Crippen LogP contribution in [0.4, 0.5) is 13.2 Å². The molecule has 29 heavy (non-hydrogen) atoms. The molecule has 0 saturated carbocycles. The van der Waals surface area contributed by atoms with Gasteiger partial charge in [0.1, 0.15) is 0 Å². The first-order chi connectivity index (χ1) is 13.8. The highest BCUT2D eigenvalue weighted by molar-refractivity contribution is 8.01. The molecule has 156 valence electrons.